The fraction of sp³-hybridized carbons (Fsp3) is 0.310. The van der Waals surface area contributed by atoms with Gasteiger partial charge in [0.1, 0.15) is 0 Å². The molecule has 7 heteroatoms. The van der Waals surface area contributed by atoms with Crippen LogP contribution in [0.15, 0.2) is 66.1 Å². The monoisotopic (exact) mass is 499 g/mol. The van der Waals surface area contributed by atoms with Gasteiger partial charge in [-0.05, 0) is 72.2 Å². The summed E-state index contributed by atoms with van der Waals surface area (Å²) in [7, 11) is 0. The van der Waals surface area contributed by atoms with Crippen LogP contribution >= 0.6 is 11.8 Å². The van der Waals surface area contributed by atoms with Crippen LogP contribution in [0.25, 0.3) is 17.1 Å². The van der Waals surface area contributed by atoms with Gasteiger partial charge in [0, 0.05) is 23.6 Å². The van der Waals surface area contributed by atoms with E-state index in [1.54, 1.807) is 12.4 Å². The summed E-state index contributed by atoms with van der Waals surface area (Å²) in [4.78, 5) is 17.3. The van der Waals surface area contributed by atoms with Gasteiger partial charge in [0.05, 0.1) is 11.4 Å². The number of rotatable bonds is 8. The van der Waals surface area contributed by atoms with Gasteiger partial charge >= 0.3 is 0 Å². The summed E-state index contributed by atoms with van der Waals surface area (Å²) >= 11 is 1.38. The van der Waals surface area contributed by atoms with Gasteiger partial charge in [-0.1, -0.05) is 63.7 Å². The Balaban J connectivity index is 1.63. The van der Waals surface area contributed by atoms with Crippen molar-refractivity contribution in [3.05, 3.63) is 83.2 Å². The summed E-state index contributed by atoms with van der Waals surface area (Å²) in [6.07, 6.45) is 3.49. The number of hydrogen-bond acceptors (Lipinski definition) is 5. The topological polar surface area (TPSA) is 72.7 Å². The highest BCUT2D eigenvalue weighted by molar-refractivity contribution is 7.99. The third-order valence-corrected chi connectivity index (χ3v) is 7.22. The Labute approximate surface area is 217 Å². The van der Waals surface area contributed by atoms with Crippen LogP contribution in [0.3, 0.4) is 0 Å². The quantitative estimate of drug-likeness (QED) is 0.266. The van der Waals surface area contributed by atoms with Gasteiger partial charge in [-0.25, -0.2) is 0 Å². The number of carbonyl (C=O) groups is 1. The zero-order valence-corrected chi connectivity index (χ0v) is 22.6. The number of hydrogen-bond donors (Lipinski definition) is 1. The number of nitrogens with zero attached hydrogens (tertiary/aromatic N) is 4. The number of nitrogens with one attached hydrogen (secondary N) is 1. The molecule has 2 aromatic heterocycles. The lowest BCUT2D eigenvalue weighted by molar-refractivity contribution is -0.113. The Morgan fingerprint density at radius 2 is 1.58 bits per heavy atom. The number of aromatic nitrogens is 4. The predicted octanol–water partition coefficient (Wildman–Crippen LogP) is 6.92. The average Bonchev–Trinajstić information content (AvgIpc) is 3.29. The van der Waals surface area contributed by atoms with Gasteiger partial charge in [0.2, 0.25) is 5.91 Å². The molecule has 0 unspecified atom stereocenters. The summed E-state index contributed by atoms with van der Waals surface area (Å²) < 4.78 is 2.02. The minimum atomic E-state index is -0.0601. The van der Waals surface area contributed by atoms with Crippen LogP contribution in [0.5, 0.6) is 0 Å². The van der Waals surface area contributed by atoms with Gasteiger partial charge in [-0.3, -0.25) is 14.3 Å². The Bertz CT molecular complexity index is 1340. The van der Waals surface area contributed by atoms with Crippen molar-refractivity contribution >= 4 is 23.4 Å². The first kappa shape index (κ1) is 25.6. The third kappa shape index (κ3) is 5.51. The number of carbonyl (C=O) groups excluding carboxylic acids is 1. The Morgan fingerprint density at radius 3 is 2.19 bits per heavy atom. The second-order valence-electron chi connectivity index (χ2n) is 9.60. The van der Waals surface area contributed by atoms with E-state index in [9.17, 15) is 4.79 Å². The highest BCUT2D eigenvalue weighted by atomic mass is 32.2. The van der Waals surface area contributed by atoms with Gasteiger partial charge in [0.15, 0.2) is 11.0 Å². The zero-order chi connectivity index (χ0) is 25.8. The van der Waals surface area contributed by atoms with E-state index in [1.165, 1.54) is 22.9 Å². The number of aryl methyl sites for hydroxylation is 2. The van der Waals surface area contributed by atoms with Gasteiger partial charge < -0.3 is 5.32 Å². The van der Waals surface area contributed by atoms with E-state index in [2.05, 4.69) is 98.4 Å². The number of thioether (sulfide) groups is 1. The Hall–Kier alpha value is -3.45. The second-order valence-corrected chi connectivity index (χ2v) is 10.5. The van der Waals surface area contributed by atoms with E-state index in [0.717, 1.165) is 33.9 Å². The Kier molecular flexibility index (Phi) is 7.89. The highest BCUT2D eigenvalue weighted by Crippen LogP contribution is 2.33. The van der Waals surface area contributed by atoms with E-state index in [0.29, 0.717) is 17.0 Å². The molecule has 36 heavy (non-hydrogen) atoms. The molecule has 4 rings (SSSR count). The molecule has 0 bridgehead atoms. The summed E-state index contributed by atoms with van der Waals surface area (Å²) in [6.45, 7) is 12.8. The lowest BCUT2D eigenvalue weighted by Crippen LogP contribution is -2.18. The largest absolute Gasteiger partial charge is 0.325 e. The van der Waals surface area contributed by atoms with Crippen LogP contribution in [-0.2, 0) is 4.79 Å². The SMILES string of the molecule is Cc1ccc(-n2c(SCC(=O)Nc3c(C(C)C)cccc3C(C)C)nnc2-c2ccncc2)cc1C. The molecule has 0 aliphatic heterocycles. The molecule has 1 N–H and O–H groups in total. The first-order valence-corrected chi connectivity index (χ1v) is 13.2. The van der Waals surface area contributed by atoms with Crippen molar-refractivity contribution in [2.24, 2.45) is 0 Å². The number of pyridine rings is 1. The number of anilines is 1. The zero-order valence-electron chi connectivity index (χ0n) is 21.7. The molecule has 0 atom stereocenters. The lowest BCUT2D eigenvalue weighted by Gasteiger charge is -2.20. The summed E-state index contributed by atoms with van der Waals surface area (Å²) in [5.74, 6) is 1.50. The molecule has 0 spiro atoms. The maximum absolute atomic E-state index is 13.2. The second kappa shape index (κ2) is 11.1. The molecule has 186 valence electrons. The first-order valence-electron chi connectivity index (χ1n) is 12.2. The first-order chi connectivity index (χ1) is 17.3. The molecule has 0 fully saturated rings. The van der Waals surface area contributed by atoms with Gasteiger partial charge in [-0.2, -0.15) is 0 Å². The molecular formula is C29H33N5OS. The van der Waals surface area contributed by atoms with E-state index >= 15 is 0 Å². The van der Waals surface area contributed by atoms with Crippen molar-refractivity contribution in [1.82, 2.24) is 19.7 Å². The van der Waals surface area contributed by atoms with Crippen LogP contribution < -0.4 is 5.32 Å². The van der Waals surface area contributed by atoms with Crippen LogP contribution in [0.1, 0.15) is 61.8 Å². The van der Waals surface area contributed by atoms with Crippen LogP contribution in [0.4, 0.5) is 5.69 Å². The highest BCUT2D eigenvalue weighted by Gasteiger charge is 2.20. The molecule has 1 amide bonds. The molecule has 0 saturated heterocycles. The Morgan fingerprint density at radius 1 is 0.917 bits per heavy atom. The molecule has 0 aliphatic rings. The smallest absolute Gasteiger partial charge is 0.234 e. The van der Waals surface area contributed by atoms with E-state index in [-0.39, 0.29) is 11.7 Å². The van der Waals surface area contributed by atoms with Crippen molar-refractivity contribution in [3.8, 4) is 17.1 Å². The summed E-state index contributed by atoms with van der Waals surface area (Å²) in [5.41, 5.74) is 7.51. The molecule has 4 aromatic rings. The molecule has 0 aliphatic carbocycles. The molecule has 0 saturated carbocycles. The standard InChI is InChI=1S/C29H33N5OS/c1-18(2)24-8-7-9-25(19(3)4)27(24)31-26(35)17-36-29-33-32-28(22-12-14-30-15-13-22)34(29)23-11-10-20(5)21(6)16-23/h7-16,18-19H,17H2,1-6H3,(H,31,35). The average molecular weight is 500 g/mol. The molecular weight excluding hydrogens is 466 g/mol. The van der Waals surface area contributed by atoms with Crippen LogP contribution in [0, 0.1) is 13.8 Å². The van der Waals surface area contributed by atoms with E-state index in [1.807, 2.05) is 16.7 Å². The molecule has 0 radical (unpaired) electrons. The van der Waals surface area contributed by atoms with Gasteiger partial charge in [-0.15, -0.1) is 10.2 Å². The van der Waals surface area contributed by atoms with Crippen molar-refractivity contribution in [3.63, 3.8) is 0 Å². The van der Waals surface area contributed by atoms with Crippen LogP contribution in [-0.4, -0.2) is 31.4 Å². The van der Waals surface area contributed by atoms with E-state index < -0.39 is 0 Å². The lowest BCUT2D eigenvalue weighted by atomic mass is 9.92. The number of para-hydroxylation sites is 1. The minimum Gasteiger partial charge on any atom is -0.325 e. The maximum Gasteiger partial charge on any atom is 0.234 e. The third-order valence-electron chi connectivity index (χ3n) is 6.29. The molecule has 2 aromatic carbocycles. The number of amides is 1. The molecule has 2 heterocycles. The molecule has 6 nitrogen and oxygen atoms in total. The maximum atomic E-state index is 13.2. The predicted molar refractivity (Wildman–Crippen MR) is 148 cm³/mol. The van der Waals surface area contributed by atoms with Crippen molar-refractivity contribution < 1.29 is 4.79 Å². The summed E-state index contributed by atoms with van der Waals surface area (Å²) in [5, 5.41) is 12.8. The fourth-order valence-corrected chi connectivity index (χ4v) is 4.90. The van der Waals surface area contributed by atoms with Crippen molar-refractivity contribution in [1.29, 1.82) is 0 Å². The normalized spacial score (nSPS) is 11.3. The summed E-state index contributed by atoms with van der Waals surface area (Å²) in [6, 6.07) is 16.4. The van der Waals surface area contributed by atoms with Crippen molar-refractivity contribution in [2.75, 3.05) is 11.1 Å². The fourth-order valence-electron chi connectivity index (χ4n) is 4.15. The van der Waals surface area contributed by atoms with Gasteiger partial charge in [0.25, 0.3) is 0 Å². The minimum absolute atomic E-state index is 0.0601. The van der Waals surface area contributed by atoms with Crippen molar-refractivity contribution in [2.45, 2.75) is 58.5 Å². The van der Waals surface area contributed by atoms with E-state index in [4.69, 9.17) is 0 Å². The van der Waals surface area contributed by atoms with Crippen LogP contribution in [0.2, 0.25) is 0 Å². The number of benzene rings is 2.